The van der Waals surface area contributed by atoms with Crippen molar-refractivity contribution in [2.75, 3.05) is 7.11 Å². The van der Waals surface area contributed by atoms with Crippen LogP contribution < -0.4 is 21.5 Å². The molecule has 11 nitrogen and oxygen atoms in total. The third-order valence-corrected chi connectivity index (χ3v) is 5.18. The van der Waals surface area contributed by atoms with Crippen LogP contribution in [0.4, 0.5) is 0 Å². The maximum absolute atomic E-state index is 12.7. The summed E-state index contributed by atoms with van der Waals surface area (Å²) in [6.07, 6.45) is 1.32. The number of H-pyrrole nitrogens is 1. The van der Waals surface area contributed by atoms with Gasteiger partial charge in [0.05, 0.1) is 29.0 Å². The summed E-state index contributed by atoms with van der Waals surface area (Å²) in [5.41, 5.74) is -2.28. The highest BCUT2D eigenvalue weighted by Gasteiger charge is 2.18. The predicted molar refractivity (Wildman–Crippen MR) is 122 cm³/mol. The molecule has 0 saturated carbocycles. The van der Waals surface area contributed by atoms with E-state index in [0.717, 1.165) is 9.25 Å². The standard InChI is InChI=1S/C21H17Cl2N5O6/c1-10(2)13-6-12(8-27(20(13)31)9-17(29)33-3)34-18-14(22)4-11(5-15(18)23)28-21(32)25-19(30)16(7-24)26-28/h4-6,8,10H,9H2,1-3H3,(H,25,30,32). The Morgan fingerprint density at radius 2 is 1.85 bits per heavy atom. The molecule has 0 amide bonds. The normalized spacial score (nSPS) is 10.7. The average Bonchev–Trinajstić information content (AvgIpc) is 2.77. The van der Waals surface area contributed by atoms with E-state index in [0.29, 0.717) is 5.56 Å². The summed E-state index contributed by atoms with van der Waals surface area (Å²) in [6.45, 7) is 3.29. The molecule has 0 saturated heterocycles. The molecule has 2 heterocycles. The molecular weight excluding hydrogens is 489 g/mol. The van der Waals surface area contributed by atoms with Crippen molar-refractivity contribution in [1.82, 2.24) is 19.3 Å². The Kier molecular flexibility index (Phi) is 7.24. The van der Waals surface area contributed by atoms with E-state index < -0.39 is 22.9 Å². The van der Waals surface area contributed by atoms with Crippen LogP contribution in [0.5, 0.6) is 11.5 Å². The monoisotopic (exact) mass is 505 g/mol. The highest BCUT2D eigenvalue weighted by molar-refractivity contribution is 6.37. The second-order valence-electron chi connectivity index (χ2n) is 7.27. The van der Waals surface area contributed by atoms with Gasteiger partial charge in [-0.25, -0.2) is 4.79 Å². The van der Waals surface area contributed by atoms with Crippen molar-refractivity contribution in [3.05, 3.63) is 76.9 Å². The predicted octanol–water partition coefficient (Wildman–Crippen LogP) is 2.35. The molecule has 0 aliphatic rings. The number of esters is 1. The largest absolute Gasteiger partial charge is 0.468 e. The number of carbonyl (C=O) groups is 1. The lowest BCUT2D eigenvalue weighted by atomic mass is 10.1. The molecule has 0 bridgehead atoms. The van der Waals surface area contributed by atoms with Gasteiger partial charge in [0.25, 0.3) is 11.1 Å². The van der Waals surface area contributed by atoms with Gasteiger partial charge in [-0.3, -0.25) is 19.4 Å². The van der Waals surface area contributed by atoms with E-state index in [2.05, 4.69) is 9.84 Å². The Balaban J connectivity index is 2.07. The van der Waals surface area contributed by atoms with Crippen LogP contribution >= 0.6 is 23.2 Å². The van der Waals surface area contributed by atoms with Crippen molar-refractivity contribution >= 4 is 29.2 Å². The minimum absolute atomic E-state index is 0.00281. The lowest BCUT2D eigenvalue weighted by molar-refractivity contribution is -0.141. The lowest BCUT2D eigenvalue weighted by Crippen LogP contribution is -2.33. The first-order valence-corrected chi connectivity index (χ1v) is 10.4. The number of halogens is 2. The van der Waals surface area contributed by atoms with E-state index >= 15 is 0 Å². The first-order chi connectivity index (χ1) is 16.0. The van der Waals surface area contributed by atoms with Crippen molar-refractivity contribution in [3.8, 4) is 23.3 Å². The minimum atomic E-state index is -0.927. The van der Waals surface area contributed by atoms with Gasteiger partial charge in [0, 0.05) is 5.56 Å². The van der Waals surface area contributed by atoms with E-state index in [1.165, 1.54) is 31.5 Å². The Morgan fingerprint density at radius 1 is 1.21 bits per heavy atom. The number of benzene rings is 1. The average molecular weight is 506 g/mol. The second kappa shape index (κ2) is 9.94. The van der Waals surface area contributed by atoms with E-state index in [1.54, 1.807) is 6.07 Å². The molecule has 34 heavy (non-hydrogen) atoms. The molecular formula is C21H17Cl2N5O6. The number of hydrogen-bond donors (Lipinski definition) is 1. The van der Waals surface area contributed by atoms with Crippen molar-refractivity contribution in [1.29, 1.82) is 5.26 Å². The fourth-order valence-corrected chi connectivity index (χ4v) is 3.51. The van der Waals surface area contributed by atoms with Gasteiger partial charge in [-0.15, -0.1) is 5.10 Å². The van der Waals surface area contributed by atoms with Crippen LogP contribution in [0.3, 0.4) is 0 Å². The molecule has 1 N–H and O–H groups in total. The lowest BCUT2D eigenvalue weighted by Gasteiger charge is -2.16. The van der Waals surface area contributed by atoms with Crippen LogP contribution in [0.1, 0.15) is 31.0 Å². The van der Waals surface area contributed by atoms with Gasteiger partial charge >= 0.3 is 11.7 Å². The second-order valence-corrected chi connectivity index (χ2v) is 8.08. The van der Waals surface area contributed by atoms with Crippen molar-refractivity contribution in [2.24, 2.45) is 0 Å². The number of nitrogens with one attached hydrogen (secondary N) is 1. The number of rotatable bonds is 6. The Hall–Kier alpha value is -3.88. The molecule has 2 aromatic heterocycles. The molecule has 0 atom stereocenters. The number of ether oxygens (including phenoxy) is 2. The molecule has 13 heteroatoms. The fourth-order valence-electron chi connectivity index (χ4n) is 2.95. The number of nitrogens with zero attached hydrogens (tertiary/aromatic N) is 4. The van der Waals surface area contributed by atoms with E-state index in [-0.39, 0.29) is 45.3 Å². The van der Waals surface area contributed by atoms with Crippen LogP contribution in [0.2, 0.25) is 10.0 Å². The summed E-state index contributed by atoms with van der Waals surface area (Å²) >= 11 is 12.7. The van der Waals surface area contributed by atoms with Crippen molar-refractivity contribution in [2.45, 2.75) is 26.3 Å². The van der Waals surface area contributed by atoms with Gasteiger partial charge in [0.15, 0.2) is 5.75 Å². The molecule has 3 aromatic rings. The van der Waals surface area contributed by atoms with Gasteiger partial charge in [-0.2, -0.15) is 9.94 Å². The summed E-state index contributed by atoms with van der Waals surface area (Å²) < 4.78 is 12.4. The molecule has 3 rings (SSSR count). The topological polar surface area (TPSA) is 149 Å². The summed E-state index contributed by atoms with van der Waals surface area (Å²) in [5.74, 6) is -0.622. The van der Waals surface area contributed by atoms with E-state index in [1.807, 2.05) is 18.8 Å². The Bertz CT molecular complexity index is 1480. The highest BCUT2D eigenvalue weighted by atomic mass is 35.5. The summed E-state index contributed by atoms with van der Waals surface area (Å²) in [7, 11) is 1.21. The first-order valence-electron chi connectivity index (χ1n) is 9.68. The number of aromatic nitrogens is 4. The van der Waals surface area contributed by atoms with Crippen LogP contribution in [0, 0.1) is 11.3 Å². The summed E-state index contributed by atoms with van der Waals surface area (Å²) in [4.78, 5) is 50.1. The van der Waals surface area contributed by atoms with Gasteiger partial charge in [-0.1, -0.05) is 37.0 Å². The van der Waals surface area contributed by atoms with Gasteiger partial charge in [0.2, 0.25) is 5.69 Å². The molecule has 0 aliphatic heterocycles. The van der Waals surface area contributed by atoms with Crippen LogP contribution in [-0.4, -0.2) is 32.4 Å². The SMILES string of the molecule is COC(=O)Cn1cc(Oc2c(Cl)cc(-n3nc(C#N)c(=O)[nH]c3=O)cc2Cl)cc(C(C)C)c1=O. The summed E-state index contributed by atoms with van der Waals surface area (Å²) in [5, 5.41) is 12.6. The third kappa shape index (κ3) is 5.03. The number of carbonyl (C=O) groups excluding carboxylic acids is 1. The zero-order valence-corrected chi connectivity index (χ0v) is 19.6. The smallest absolute Gasteiger partial charge is 0.349 e. The van der Waals surface area contributed by atoms with Gasteiger partial charge in [-0.05, 0) is 24.1 Å². The summed E-state index contributed by atoms with van der Waals surface area (Å²) in [6, 6.07) is 5.68. The number of methoxy groups -OCH3 is 1. The Morgan fingerprint density at radius 3 is 2.41 bits per heavy atom. The Labute approximate surface area is 201 Å². The molecule has 0 spiro atoms. The van der Waals surface area contributed by atoms with Crippen molar-refractivity contribution < 1.29 is 14.3 Å². The number of aromatic amines is 1. The fraction of sp³-hybridized carbons (Fsp3) is 0.238. The number of nitriles is 1. The maximum Gasteiger partial charge on any atom is 0.349 e. The number of pyridine rings is 1. The maximum atomic E-state index is 12.7. The van der Waals surface area contributed by atoms with Gasteiger partial charge < -0.3 is 14.0 Å². The third-order valence-electron chi connectivity index (χ3n) is 4.62. The first kappa shape index (κ1) is 24.8. The number of hydrogen-bond acceptors (Lipinski definition) is 8. The zero-order valence-electron chi connectivity index (χ0n) is 18.1. The van der Waals surface area contributed by atoms with Crippen molar-refractivity contribution in [3.63, 3.8) is 0 Å². The van der Waals surface area contributed by atoms with Crippen LogP contribution in [0.15, 0.2) is 38.8 Å². The molecule has 0 fully saturated rings. The molecule has 0 radical (unpaired) electrons. The van der Waals surface area contributed by atoms with Gasteiger partial charge in [0.1, 0.15) is 18.4 Å². The zero-order chi connectivity index (χ0) is 25.2. The molecule has 0 unspecified atom stereocenters. The molecule has 176 valence electrons. The molecule has 1 aromatic carbocycles. The highest BCUT2D eigenvalue weighted by Crippen LogP contribution is 2.38. The van der Waals surface area contributed by atoms with E-state index in [4.69, 9.17) is 33.2 Å². The van der Waals surface area contributed by atoms with E-state index in [9.17, 15) is 19.2 Å². The quantitative estimate of drug-likeness (QED) is 0.501. The molecule has 0 aliphatic carbocycles. The minimum Gasteiger partial charge on any atom is -0.468 e. The van der Waals surface area contributed by atoms with Crippen LogP contribution in [0.25, 0.3) is 5.69 Å². The van der Waals surface area contributed by atoms with Crippen LogP contribution in [-0.2, 0) is 16.1 Å².